The van der Waals surface area contributed by atoms with Crippen LogP contribution in [0, 0.1) is 0 Å². The van der Waals surface area contributed by atoms with Crippen molar-refractivity contribution in [2.24, 2.45) is 0 Å². The zero-order valence-corrected chi connectivity index (χ0v) is 15.7. The number of rotatable bonds is 4. The summed E-state index contributed by atoms with van der Waals surface area (Å²) in [5, 5.41) is 1.21. The predicted octanol–water partition coefficient (Wildman–Crippen LogP) is 3.93. The number of hydrogen-bond acceptors (Lipinski definition) is 2. The van der Waals surface area contributed by atoms with E-state index in [1.807, 2.05) is 37.4 Å². The van der Waals surface area contributed by atoms with Gasteiger partial charge in [0.05, 0.1) is 10.6 Å². The number of amides is 1. The molecule has 134 valence electrons. The number of benzene rings is 1. The molecule has 0 atom stereocenters. The van der Waals surface area contributed by atoms with Gasteiger partial charge in [-0.15, -0.1) is 0 Å². The monoisotopic (exact) mass is 369 g/mol. The van der Waals surface area contributed by atoms with Crippen LogP contribution in [0.5, 0.6) is 0 Å². The van der Waals surface area contributed by atoms with Crippen LogP contribution >= 0.6 is 11.6 Å². The molecule has 6 heteroatoms. The van der Waals surface area contributed by atoms with E-state index < -0.39 is 0 Å². The normalized spacial score (nSPS) is 11.4. The second kappa shape index (κ2) is 7.22. The molecule has 3 rings (SSSR count). The van der Waals surface area contributed by atoms with Crippen LogP contribution in [0.25, 0.3) is 22.0 Å². The summed E-state index contributed by atoms with van der Waals surface area (Å²) in [4.78, 5) is 29.3. The number of nitrogens with zero attached hydrogens (tertiary/aromatic N) is 2. The first-order valence-corrected chi connectivity index (χ1v) is 8.65. The Morgan fingerprint density at radius 2 is 2.08 bits per heavy atom. The molecule has 2 aromatic heterocycles. The number of carbonyl (C=O) groups is 1. The highest BCUT2D eigenvalue weighted by Crippen LogP contribution is 2.30. The number of carbonyl (C=O) groups excluding carboxylic acids is 1. The summed E-state index contributed by atoms with van der Waals surface area (Å²) < 4.78 is 1.65. The number of fused-ring (bicyclic) bond motifs is 1. The Morgan fingerprint density at radius 3 is 2.73 bits per heavy atom. The van der Waals surface area contributed by atoms with Gasteiger partial charge in [-0.3, -0.25) is 9.59 Å². The molecule has 0 bridgehead atoms. The third-order valence-corrected chi connectivity index (χ3v) is 4.56. The van der Waals surface area contributed by atoms with Gasteiger partial charge in [-0.2, -0.15) is 0 Å². The molecule has 0 saturated heterocycles. The number of aromatic nitrogens is 2. The van der Waals surface area contributed by atoms with Crippen molar-refractivity contribution in [3.8, 4) is 11.1 Å². The standard InChI is InChI=1S/C20H20ClN3O2/c1-4-5-10-24-12-16(14-8-9-22-18(14)20(24)26)13-6-7-15(17(21)11-13)19(25)23(2)3/h4-9,11-12,22H,10H2,1-3H3/b5-4+. The van der Waals surface area contributed by atoms with Crippen molar-refractivity contribution in [2.75, 3.05) is 14.1 Å². The first-order valence-electron chi connectivity index (χ1n) is 8.27. The lowest BCUT2D eigenvalue weighted by atomic mass is 10.0. The number of allylic oxidation sites excluding steroid dienone is 2. The molecule has 5 nitrogen and oxygen atoms in total. The van der Waals surface area contributed by atoms with Gasteiger partial charge in [0.2, 0.25) is 0 Å². The number of hydrogen-bond donors (Lipinski definition) is 1. The summed E-state index contributed by atoms with van der Waals surface area (Å²) in [6.45, 7) is 2.40. The maximum absolute atomic E-state index is 12.6. The van der Waals surface area contributed by atoms with E-state index in [1.165, 1.54) is 4.90 Å². The van der Waals surface area contributed by atoms with E-state index in [4.69, 9.17) is 11.6 Å². The van der Waals surface area contributed by atoms with Crippen molar-refractivity contribution in [1.29, 1.82) is 0 Å². The first-order chi connectivity index (χ1) is 12.4. The summed E-state index contributed by atoms with van der Waals surface area (Å²) in [5.74, 6) is -0.147. The topological polar surface area (TPSA) is 58.1 Å². The average molecular weight is 370 g/mol. The van der Waals surface area contributed by atoms with Crippen molar-refractivity contribution in [2.45, 2.75) is 13.5 Å². The van der Waals surface area contributed by atoms with Crippen LogP contribution < -0.4 is 5.56 Å². The molecular formula is C20H20ClN3O2. The van der Waals surface area contributed by atoms with Gasteiger partial charge in [-0.25, -0.2) is 0 Å². The molecule has 0 unspecified atom stereocenters. The van der Waals surface area contributed by atoms with Crippen molar-refractivity contribution in [3.05, 3.63) is 69.8 Å². The molecule has 0 spiro atoms. The maximum Gasteiger partial charge on any atom is 0.275 e. The van der Waals surface area contributed by atoms with Crippen LogP contribution in [0.4, 0.5) is 0 Å². The molecule has 0 aliphatic heterocycles. The fourth-order valence-electron chi connectivity index (χ4n) is 2.88. The Labute approximate surface area is 156 Å². The number of H-pyrrole nitrogens is 1. The third-order valence-electron chi connectivity index (χ3n) is 4.25. The fraction of sp³-hybridized carbons (Fsp3) is 0.200. The van der Waals surface area contributed by atoms with Gasteiger partial charge in [-0.05, 0) is 30.7 Å². The van der Waals surface area contributed by atoms with Crippen LogP contribution in [0.2, 0.25) is 5.02 Å². The molecule has 0 aliphatic rings. The number of pyridine rings is 1. The highest BCUT2D eigenvalue weighted by molar-refractivity contribution is 6.34. The first kappa shape index (κ1) is 18.0. The van der Waals surface area contributed by atoms with Crippen molar-refractivity contribution in [1.82, 2.24) is 14.5 Å². The van der Waals surface area contributed by atoms with E-state index in [1.54, 1.807) is 37.0 Å². The third kappa shape index (κ3) is 3.18. The molecule has 1 aromatic carbocycles. The van der Waals surface area contributed by atoms with Crippen LogP contribution in [0.3, 0.4) is 0 Å². The summed E-state index contributed by atoms with van der Waals surface area (Å²) in [7, 11) is 3.38. The Morgan fingerprint density at radius 1 is 1.31 bits per heavy atom. The van der Waals surface area contributed by atoms with Crippen LogP contribution in [0.1, 0.15) is 17.3 Å². The van der Waals surface area contributed by atoms with E-state index >= 15 is 0 Å². The van der Waals surface area contributed by atoms with E-state index in [0.29, 0.717) is 22.6 Å². The molecule has 3 aromatic rings. The molecule has 1 amide bonds. The molecule has 0 fully saturated rings. The Hall–Kier alpha value is -2.79. The van der Waals surface area contributed by atoms with Gasteiger partial charge in [0.1, 0.15) is 5.52 Å². The van der Waals surface area contributed by atoms with Crippen LogP contribution in [-0.4, -0.2) is 34.5 Å². The molecule has 1 N–H and O–H groups in total. The zero-order chi connectivity index (χ0) is 18.8. The summed E-state index contributed by atoms with van der Waals surface area (Å²) in [6.07, 6.45) is 7.41. The minimum Gasteiger partial charge on any atom is -0.357 e. The Kier molecular flexibility index (Phi) is 5.00. The van der Waals surface area contributed by atoms with Crippen molar-refractivity contribution >= 4 is 28.4 Å². The molecular weight excluding hydrogens is 350 g/mol. The molecule has 0 aliphatic carbocycles. The van der Waals surface area contributed by atoms with Gasteiger partial charge in [0.25, 0.3) is 11.5 Å². The van der Waals surface area contributed by atoms with E-state index in [-0.39, 0.29) is 11.5 Å². The second-order valence-corrected chi connectivity index (χ2v) is 6.64. The smallest absolute Gasteiger partial charge is 0.275 e. The predicted molar refractivity (Wildman–Crippen MR) is 106 cm³/mol. The van der Waals surface area contributed by atoms with Crippen molar-refractivity contribution < 1.29 is 4.79 Å². The SMILES string of the molecule is C/C=C/Cn1cc(-c2ccc(C(=O)N(C)C)c(Cl)c2)c2cc[nH]c2c1=O. The van der Waals surface area contributed by atoms with E-state index in [2.05, 4.69) is 4.98 Å². The highest BCUT2D eigenvalue weighted by Gasteiger charge is 2.16. The summed E-state index contributed by atoms with van der Waals surface area (Å²) in [5.41, 5.74) is 2.67. The van der Waals surface area contributed by atoms with E-state index in [0.717, 1.165) is 16.5 Å². The lowest BCUT2D eigenvalue weighted by Gasteiger charge is -2.13. The average Bonchev–Trinajstić information content (AvgIpc) is 3.10. The molecule has 0 saturated carbocycles. The van der Waals surface area contributed by atoms with Gasteiger partial charge in [-0.1, -0.05) is 29.8 Å². The van der Waals surface area contributed by atoms with Gasteiger partial charge >= 0.3 is 0 Å². The minimum absolute atomic E-state index is 0.0719. The second-order valence-electron chi connectivity index (χ2n) is 6.23. The van der Waals surface area contributed by atoms with Crippen LogP contribution in [-0.2, 0) is 6.54 Å². The number of halogens is 1. The van der Waals surface area contributed by atoms with Crippen LogP contribution in [0.15, 0.2) is 53.6 Å². The fourth-order valence-corrected chi connectivity index (χ4v) is 3.14. The quantitative estimate of drug-likeness (QED) is 0.708. The molecule has 2 heterocycles. The number of aromatic amines is 1. The van der Waals surface area contributed by atoms with Gasteiger partial charge in [0, 0.05) is 44.0 Å². The maximum atomic E-state index is 12.6. The van der Waals surface area contributed by atoms with Gasteiger partial charge < -0.3 is 14.5 Å². The lowest BCUT2D eigenvalue weighted by Crippen LogP contribution is -2.22. The van der Waals surface area contributed by atoms with Crippen molar-refractivity contribution in [3.63, 3.8) is 0 Å². The minimum atomic E-state index is -0.147. The summed E-state index contributed by atoms with van der Waals surface area (Å²) in [6, 6.07) is 7.22. The molecule has 26 heavy (non-hydrogen) atoms. The highest BCUT2D eigenvalue weighted by atomic mass is 35.5. The molecule has 0 radical (unpaired) electrons. The lowest BCUT2D eigenvalue weighted by molar-refractivity contribution is 0.0828. The van der Waals surface area contributed by atoms with Gasteiger partial charge in [0.15, 0.2) is 0 Å². The number of nitrogens with one attached hydrogen (secondary N) is 1. The Bertz CT molecular complexity index is 1060. The Balaban J connectivity index is 2.17. The zero-order valence-electron chi connectivity index (χ0n) is 14.9. The largest absolute Gasteiger partial charge is 0.357 e. The summed E-state index contributed by atoms with van der Waals surface area (Å²) >= 11 is 6.36. The van der Waals surface area contributed by atoms with E-state index in [9.17, 15) is 9.59 Å².